The number of benzene rings is 1. The summed E-state index contributed by atoms with van der Waals surface area (Å²) < 4.78 is 1.79. The van der Waals surface area contributed by atoms with Gasteiger partial charge in [0.2, 0.25) is 0 Å². The summed E-state index contributed by atoms with van der Waals surface area (Å²) in [6.07, 6.45) is 1.08. The predicted octanol–water partition coefficient (Wildman–Crippen LogP) is 3.63. The van der Waals surface area contributed by atoms with Crippen LogP contribution in [0.1, 0.15) is 27.1 Å². The van der Waals surface area contributed by atoms with Crippen molar-refractivity contribution in [3.8, 4) is 5.69 Å². The van der Waals surface area contributed by atoms with Crippen molar-refractivity contribution < 1.29 is 5.11 Å². The van der Waals surface area contributed by atoms with E-state index in [1.54, 1.807) is 22.2 Å². The second kappa shape index (κ2) is 5.23. The number of aliphatic hydroxyl groups excluding tert-OH is 1. The lowest BCUT2D eigenvalue weighted by Crippen LogP contribution is -2.07. The Morgan fingerprint density at radius 1 is 1.15 bits per heavy atom. The summed E-state index contributed by atoms with van der Waals surface area (Å²) in [7, 11) is 0. The fourth-order valence-electron chi connectivity index (χ4n) is 2.19. The molecule has 0 spiro atoms. The largest absolute Gasteiger partial charge is 0.381 e. The second-order valence-electron chi connectivity index (χ2n) is 4.79. The highest BCUT2D eigenvalue weighted by Gasteiger charge is 2.18. The number of para-hydroxylation sites is 1. The summed E-state index contributed by atoms with van der Waals surface area (Å²) >= 11 is 1.63. The first-order chi connectivity index (χ1) is 9.66. The molecule has 3 aromatic rings. The van der Waals surface area contributed by atoms with Gasteiger partial charge in [-0.2, -0.15) is 5.10 Å². The zero-order valence-electron chi connectivity index (χ0n) is 11.4. The lowest BCUT2D eigenvalue weighted by Gasteiger charge is -2.12. The van der Waals surface area contributed by atoms with Gasteiger partial charge in [0.25, 0.3) is 0 Å². The fourth-order valence-corrected chi connectivity index (χ4v) is 3.23. The van der Waals surface area contributed by atoms with Crippen LogP contribution in [0.2, 0.25) is 0 Å². The van der Waals surface area contributed by atoms with Crippen LogP contribution >= 0.6 is 11.3 Å². The second-order valence-corrected chi connectivity index (χ2v) is 6.08. The highest BCUT2D eigenvalue weighted by atomic mass is 32.1. The molecule has 4 heteroatoms. The maximum absolute atomic E-state index is 10.6. The van der Waals surface area contributed by atoms with Gasteiger partial charge in [-0.1, -0.05) is 18.2 Å². The number of hydrogen-bond donors (Lipinski definition) is 1. The zero-order valence-corrected chi connectivity index (χ0v) is 12.3. The molecule has 3 nitrogen and oxygen atoms in total. The summed E-state index contributed by atoms with van der Waals surface area (Å²) in [5.74, 6) is 0. The Kier molecular flexibility index (Phi) is 3.42. The molecule has 1 atom stereocenters. The zero-order chi connectivity index (χ0) is 14.1. The first-order valence-corrected chi connectivity index (χ1v) is 7.33. The topological polar surface area (TPSA) is 38.1 Å². The van der Waals surface area contributed by atoms with Crippen molar-refractivity contribution in [1.82, 2.24) is 9.78 Å². The molecule has 1 N–H and O–H groups in total. The van der Waals surface area contributed by atoms with Crippen molar-refractivity contribution in [2.75, 3.05) is 0 Å². The first-order valence-electron chi connectivity index (χ1n) is 6.51. The third-order valence-electron chi connectivity index (χ3n) is 3.41. The van der Waals surface area contributed by atoms with Crippen LogP contribution in [0, 0.1) is 13.8 Å². The van der Waals surface area contributed by atoms with Gasteiger partial charge in [-0.15, -0.1) is 11.3 Å². The van der Waals surface area contributed by atoms with Crippen LogP contribution < -0.4 is 0 Å². The summed E-state index contributed by atoms with van der Waals surface area (Å²) in [5, 5.41) is 14.9. The Labute approximate surface area is 122 Å². The fraction of sp³-hybridized carbons (Fsp3) is 0.188. The van der Waals surface area contributed by atoms with E-state index in [2.05, 4.69) is 18.9 Å². The molecule has 0 aliphatic carbocycles. The smallest absolute Gasteiger partial charge is 0.130 e. The van der Waals surface area contributed by atoms with E-state index in [1.807, 2.05) is 42.5 Å². The standard InChI is InChI=1S/C16H16N2OS/c1-11-10-15(20-12(11)2)16(19)14-8-9-17-18(14)13-6-4-3-5-7-13/h3-10,16,19H,1-2H3. The SMILES string of the molecule is Cc1cc(C(O)c2ccnn2-c2ccccc2)sc1C. The molecule has 2 aromatic heterocycles. The van der Waals surface area contributed by atoms with Gasteiger partial charge in [-0.3, -0.25) is 0 Å². The van der Waals surface area contributed by atoms with Crippen LogP contribution in [0.5, 0.6) is 0 Å². The van der Waals surface area contributed by atoms with Gasteiger partial charge < -0.3 is 5.11 Å². The number of aryl methyl sites for hydroxylation is 2. The van der Waals surface area contributed by atoms with Gasteiger partial charge in [-0.25, -0.2) is 4.68 Å². The molecular formula is C16H16N2OS. The van der Waals surface area contributed by atoms with Crippen LogP contribution in [0.15, 0.2) is 48.7 Å². The van der Waals surface area contributed by atoms with E-state index in [4.69, 9.17) is 0 Å². The van der Waals surface area contributed by atoms with Crippen LogP contribution in [0.4, 0.5) is 0 Å². The first kappa shape index (κ1) is 13.1. The number of aliphatic hydroxyl groups is 1. The summed E-state index contributed by atoms with van der Waals surface area (Å²) in [4.78, 5) is 2.20. The van der Waals surface area contributed by atoms with Crippen molar-refractivity contribution in [2.24, 2.45) is 0 Å². The van der Waals surface area contributed by atoms with Crippen molar-refractivity contribution in [3.05, 3.63) is 69.7 Å². The minimum atomic E-state index is -0.643. The molecule has 0 radical (unpaired) electrons. The van der Waals surface area contributed by atoms with E-state index in [0.29, 0.717) is 0 Å². The van der Waals surface area contributed by atoms with Gasteiger partial charge in [0, 0.05) is 16.0 Å². The van der Waals surface area contributed by atoms with E-state index >= 15 is 0 Å². The molecule has 0 bridgehead atoms. The summed E-state index contributed by atoms with van der Waals surface area (Å²) in [5.41, 5.74) is 2.96. The third-order valence-corrected chi connectivity index (χ3v) is 4.61. The normalized spacial score (nSPS) is 12.6. The van der Waals surface area contributed by atoms with Crippen molar-refractivity contribution in [1.29, 1.82) is 0 Å². The number of hydrogen-bond acceptors (Lipinski definition) is 3. The van der Waals surface area contributed by atoms with E-state index in [-0.39, 0.29) is 0 Å². The molecule has 0 fully saturated rings. The van der Waals surface area contributed by atoms with Gasteiger partial charge in [-0.05, 0) is 43.7 Å². The summed E-state index contributed by atoms with van der Waals surface area (Å²) in [6.45, 7) is 4.14. The van der Waals surface area contributed by atoms with Crippen LogP contribution in [0.3, 0.4) is 0 Å². The maximum atomic E-state index is 10.6. The molecule has 20 heavy (non-hydrogen) atoms. The molecule has 2 heterocycles. The van der Waals surface area contributed by atoms with Gasteiger partial charge in [0.1, 0.15) is 6.10 Å². The molecule has 0 aliphatic heterocycles. The Morgan fingerprint density at radius 3 is 2.55 bits per heavy atom. The quantitative estimate of drug-likeness (QED) is 0.797. The van der Waals surface area contributed by atoms with Gasteiger partial charge in [0.05, 0.1) is 11.4 Å². The Hall–Kier alpha value is -1.91. The van der Waals surface area contributed by atoms with Crippen LogP contribution in [-0.4, -0.2) is 14.9 Å². The van der Waals surface area contributed by atoms with Gasteiger partial charge >= 0.3 is 0 Å². The molecule has 1 unspecified atom stereocenters. The highest BCUT2D eigenvalue weighted by Crippen LogP contribution is 2.31. The Bertz CT molecular complexity index is 696. The third kappa shape index (κ3) is 2.28. The predicted molar refractivity (Wildman–Crippen MR) is 81.4 cm³/mol. The van der Waals surface area contributed by atoms with E-state index in [9.17, 15) is 5.11 Å². The molecular weight excluding hydrogens is 268 g/mol. The van der Waals surface area contributed by atoms with Crippen molar-refractivity contribution in [2.45, 2.75) is 20.0 Å². The Morgan fingerprint density at radius 2 is 1.90 bits per heavy atom. The van der Waals surface area contributed by atoms with Crippen LogP contribution in [0.25, 0.3) is 5.69 Å². The minimum absolute atomic E-state index is 0.643. The average Bonchev–Trinajstić information content (AvgIpc) is 3.07. The van der Waals surface area contributed by atoms with Crippen molar-refractivity contribution in [3.63, 3.8) is 0 Å². The minimum Gasteiger partial charge on any atom is -0.381 e. The summed E-state index contributed by atoms with van der Waals surface area (Å²) in [6, 6.07) is 13.8. The van der Waals surface area contributed by atoms with E-state index in [1.165, 1.54) is 10.4 Å². The Balaban J connectivity index is 2.01. The molecule has 102 valence electrons. The molecule has 0 saturated carbocycles. The molecule has 3 rings (SSSR count). The molecule has 0 saturated heterocycles. The lowest BCUT2D eigenvalue weighted by atomic mass is 10.2. The molecule has 0 amide bonds. The van der Waals surface area contributed by atoms with E-state index < -0.39 is 6.10 Å². The molecule has 1 aromatic carbocycles. The van der Waals surface area contributed by atoms with E-state index in [0.717, 1.165) is 16.3 Å². The average molecular weight is 284 g/mol. The monoisotopic (exact) mass is 284 g/mol. The number of thiophene rings is 1. The van der Waals surface area contributed by atoms with Gasteiger partial charge in [0.15, 0.2) is 0 Å². The molecule has 0 aliphatic rings. The maximum Gasteiger partial charge on any atom is 0.130 e. The number of rotatable bonds is 3. The number of aromatic nitrogens is 2. The van der Waals surface area contributed by atoms with Crippen LogP contribution in [-0.2, 0) is 0 Å². The van der Waals surface area contributed by atoms with Crippen molar-refractivity contribution >= 4 is 11.3 Å². The number of nitrogens with zero attached hydrogens (tertiary/aromatic N) is 2. The highest BCUT2D eigenvalue weighted by molar-refractivity contribution is 7.12. The lowest BCUT2D eigenvalue weighted by molar-refractivity contribution is 0.215.